The molecule has 0 aliphatic rings. The molecule has 0 N–H and O–H groups in total. The molecule has 0 aliphatic carbocycles. The molecule has 0 fully saturated rings. The summed E-state index contributed by atoms with van der Waals surface area (Å²) in [4.78, 5) is 15.8. The van der Waals surface area contributed by atoms with Crippen LogP contribution in [0.25, 0.3) is 16.6 Å². The van der Waals surface area contributed by atoms with Crippen molar-refractivity contribution in [1.29, 1.82) is 5.26 Å². The van der Waals surface area contributed by atoms with Gasteiger partial charge in [0.2, 0.25) is 5.69 Å². The summed E-state index contributed by atoms with van der Waals surface area (Å²) in [6, 6.07) is 21.0. The van der Waals surface area contributed by atoms with Gasteiger partial charge in [0.25, 0.3) is 5.95 Å². The van der Waals surface area contributed by atoms with Crippen molar-refractivity contribution in [2.24, 2.45) is 0 Å². The maximum absolute atomic E-state index is 16.5. The second kappa shape index (κ2) is 12.4. The first-order valence-electron chi connectivity index (χ1n) is 14.0. The van der Waals surface area contributed by atoms with E-state index in [1.54, 1.807) is 60.7 Å². The van der Waals surface area contributed by atoms with Crippen LogP contribution in [0.2, 0.25) is 0 Å². The molecule has 6 aromatic rings. The molecule has 2 aromatic carbocycles. The van der Waals surface area contributed by atoms with Gasteiger partial charge in [-0.2, -0.15) is 50.6 Å². The lowest BCUT2D eigenvalue weighted by atomic mass is 10.1. The molecule has 0 unspecified atom stereocenters. The molecule has 0 radical (unpaired) electrons. The number of benzene rings is 2. The third kappa shape index (κ3) is 6.29. The van der Waals surface area contributed by atoms with E-state index in [1.165, 1.54) is 17.0 Å². The van der Waals surface area contributed by atoms with Crippen LogP contribution in [-0.2, 0) is 18.3 Å². The lowest BCUT2D eigenvalue weighted by molar-refractivity contribution is -0.142. The van der Waals surface area contributed by atoms with Crippen molar-refractivity contribution < 1.29 is 35.1 Å². The molecule has 0 saturated carbocycles. The van der Waals surface area contributed by atoms with Crippen LogP contribution >= 0.6 is 0 Å². The van der Waals surface area contributed by atoms with Gasteiger partial charge < -0.3 is 4.90 Å². The maximum Gasteiger partial charge on any atom is 0.436 e. The van der Waals surface area contributed by atoms with Gasteiger partial charge in [-0.1, -0.05) is 36.4 Å². The number of rotatable bonds is 7. The molecule has 0 atom stereocenters. The van der Waals surface area contributed by atoms with Crippen LogP contribution in [-0.4, -0.2) is 34.5 Å². The Balaban J connectivity index is 1.56. The quantitative estimate of drug-likeness (QED) is 0.122. The summed E-state index contributed by atoms with van der Waals surface area (Å²) in [5.74, 6) is -5.46. The van der Waals surface area contributed by atoms with Crippen molar-refractivity contribution in [2.45, 2.75) is 18.3 Å². The SMILES string of the molecule is [C-]#[N+]c1cn(-c2cc(N(c3ccccc3)c3ccccc3)cc(C(F)(F)c3ccnc(-n4cc(C#N)c(C(F)(F)F)n4)n3)n2)nc1C(F)(F)F. The summed E-state index contributed by atoms with van der Waals surface area (Å²) in [6.45, 7) is 7.20. The normalized spacial score (nSPS) is 12.0. The highest BCUT2D eigenvalue weighted by Gasteiger charge is 2.41. The highest BCUT2D eigenvalue weighted by molar-refractivity contribution is 5.77. The van der Waals surface area contributed by atoms with E-state index in [2.05, 4.69) is 30.0 Å². The Hall–Kier alpha value is -6.69. The maximum atomic E-state index is 16.5. The summed E-state index contributed by atoms with van der Waals surface area (Å²) in [5, 5.41) is 15.9. The van der Waals surface area contributed by atoms with Crippen LogP contribution in [0.1, 0.15) is 28.3 Å². The molecule has 250 valence electrons. The molecular weight excluding hydrogens is 676 g/mol. The Morgan fingerprint density at radius 1 is 0.700 bits per heavy atom. The fourth-order valence-electron chi connectivity index (χ4n) is 4.81. The molecule has 6 rings (SSSR count). The Bertz CT molecular complexity index is 2230. The minimum atomic E-state index is -5.06. The van der Waals surface area contributed by atoms with Gasteiger partial charge in [0.05, 0.1) is 18.5 Å². The number of aromatic nitrogens is 7. The van der Waals surface area contributed by atoms with Gasteiger partial charge in [-0.05, 0) is 36.4 Å². The zero-order valence-electron chi connectivity index (χ0n) is 24.7. The van der Waals surface area contributed by atoms with Gasteiger partial charge in [-0.15, -0.1) is 0 Å². The number of nitriles is 1. The second-order valence-electron chi connectivity index (χ2n) is 10.3. The lowest BCUT2D eigenvalue weighted by Gasteiger charge is -2.27. The summed E-state index contributed by atoms with van der Waals surface area (Å²) in [7, 11) is 0. The average Bonchev–Trinajstić information content (AvgIpc) is 3.75. The number of para-hydroxylation sites is 2. The summed E-state index contributed by atoms with van der Waals surface area (Å²) in [5.41, 5.74) is -6.21. The van der Waals surface area contributed by atoms with E-state index >= 15 is 8.78 Å². The minimum absolute atomic E-state index is 0.0228. The fraction of sp³-hybridized carbons (Fsp3) is 0.0938. The van der Waals surface area contributed by atoms with Crippen molar-refractivity contribution >= 4 is 22.7 Å². The standard InChI is InChI=1S/C32H16F8N10/c1-42-23-18-48(47-28(23)32(38,39)40)26-15-22(50(20-8-4-2-5-9-20)21-10-6-3-7-11-21)14-25(44-26)30(33,34)24-12-13-43-29(45-24)49-17-19(16-41)27(46-49)31(35,36)37/h2-15,17-18H. The predicted octanol–water partition coefficient (Wildman–Crippen LogP) is 8.31. The topological polar surface area (TPSA) is 106 Å². The highest BCUT2D eigenvalue weighted by Crippen LogP contribution is 2.41. The Morgan fingerprint density at radius 3 is 1.82 bits per heavy atom. The van der Waals surface area contributed by atoms with Crippen LogP contribution in [0, 0.1) is 17.9 Å². The Kier molecular flexibility index (Phi) is 8.24. The molecule has 10 nitrogen and oxygen atoms in total. The van der Waals surface area contributed by atoms with Crippen LogP contribution < -0.4 is 4.90 Å². The van der Waals surface area contributed by atoms with Crippen molar-refractivity contribution in [2.75, 3.05) is 4.90 Å². The zero-order valence-corrected chi connectivity index (χ0v) is 24.7. The molecule has 0 bridgehead atoms. The molecule has 0 spiro atoms. The predicted molar refractivity (Wildman–Crippen MR) is 159 cm³/mol. The number of anilines is 3. The third-order valence-electron chi connectivity index (χ3n) is 7.00. The van der Waals surface area contributed by atoms with E-state index in [4.69, 9.17) is 11.8 Å². The highest BCUT2D eigenvalue weighted by atomic mass is 19.4. The fourth-order valence-corrected chi connectivity index (χ4v) is 4.81. The van der Waals surface area contributed by atoms with E-state index in [-0.39, 0.29) is 5.69 Å². The van der Waals surface area contributed by atoms with Gasteiger partial charge in [0.1, 0.15) is 23.0 Å². The molecule has 0 amide bonds. The number of hydrogen-bond donors (Lipinski definition) is 0. The molecule has 50 heavy (non-hydrogen) atoms. The van der Waals surface area contributed by atoms with E-state index in [1.807, 2.05) is 0 Å². The molecule has 4 heterocycles. The van der Waals surface area contributed by atoms with Crippen molar-refractivity contribution in [1.82, 2.24) is 34.5 Å². The van der Waals surface area contributed by atoms with Crippen molar-refractivity contribution in [3.05, 3.63) is 137 Å². The van der Waals surface area contributed by atoms with Gasteiger partial charge in [0.15, 0.2) is 17.2 Å². The monoisotopic (exact) mass is 692 g/mol. The largest absolute Gasteiger partial charge is 0.436 e. The van der Waals surface area contributed by atoms with Crippen molar-refractivity contribution in [3.63, 3.8) is 0 Å². The first-order chi connectivity index (χ1) is 23.7. The van der Waals surface area contributed by atoms with Gasteiger partial charge in [-0.25, -0.2) is 29.2 Å². The molecule has 4 aromatic heterocycles. The van der Waals surface area contributed by atoms with Gasteiger partial charge >= 0.3 is 18.3 Å². The smallest absolute Gasteiger partial charge is 0.310 e. The molecular formula is C32H16F8N10. The minimum Gasteiger partial charge on any atom is -0.310 e. The van der Waals surface area contributed by atoms with Crippen LogP contribution in [0.5, 0.6) is 0 Å². The van der Waals surface area contributed by atoms with Crippen LogP contribution in [0.4, 0.5) is 57.9 Å². The number of alkyl halides is 8. The Labute approximate surface area is 275 Å². The first-order valence-corrected chi connectivity index (χ1v) is 14.0. The van der Waals surface area contributed by atoms with E-state index in [0.717, 1.165) is 18.3 Å². The van der Waals surface area contributed by atoms with Gasteiger partial charge in [0, 0.05) is 29.8 Å². The van der Waals surface area contributed by atoms with Crippen LogP contribution in [0.3, 0.4) is 0 Å². The summed E-state index contributed by atoms with van der Waals surface area (Å²) < 4.78 is 115. The first kappa shape index (κ1) is 33.2. The second-order valence-corrected chi connectivity index (χ2v) is 10.3. The molecule has 0 aliphatic heterocycles. The lowest BCUT2D eigenvalue weighted by Crippen LogP contribution is -2.22. The number of pyridine rings is 1. The summed E-state index contributed by atoms with van der Waals surface area (Å²) >= 11 is 0. The summed E-state index contributed by atoms with van der Waals surface area (Å²) in [6.07, 6.45) is -7.96. The van der Waals surface area contributed by atoms with Crippen LogP contribution in [0.15, 0.2) is 97.5 Å². The Morgan fingerprint density at radius 2 is 1.30 bits per heavy atom. The van der Waals surface area contributed by atoms with Crippen molar-refractivity contribution in [3.8, 4) is 17.8 Å². The molecule has 18 heteroatoms. The number of hydrogen-bond acceptors (Lipinski definition) is 7. The zero-order chi connectivity index (χ0) is 35.8. The van der Waals surface area contributed by atoms with E-state index in [0.29, 0.717) is 33.1 Å². The van der Waals surface area contributed by atoms with E-state index < -0.39 is 64.1 Å². The average molecular weight is 693 g/mol. The van der Waals surface area contributed by atoms with Gasteiger partial charge in [-0.3, -0.25) is 0 Å². The van der Waals surface area contributed by atoms with E-state index in [9.17, 15) is 26.3 Å². The number of nitrogens with zero attached hydrogens (tertiary/aromatic N) is 10. The third-order valence-corrected chi connectivity index (χ3v) is 7.00. The number of halogens is 8. The molecule has 0 saturated heterocycles.